The summed E-state index contributed by atoms with van der Waals surface area (Å²) in [6.45, 7) is 2.88. The maximum absolute atomic E-state index is 13.0. The lowest BCUT2D eigenvalue weighted by Crippen LogP contribution is -2.38. The number of benzene rings is 3. The number of ether oxygens (including phenoxy) is 1. The quantitative estimate of drug-likeness (QED) is 0.325. The number of methoxy groups -OCH3 is 1. The van der Waals surface area contributed by atoms with Crippen molar-refractivity contribution in [3.63, 3.8) is 0 Å². The maximum Gasteiger partial charge on any atom is 0.253 e. The van der Waals surface area contributed by atoms with E-state index in [-0.39, 0.29) is 17.3 Å². The number of primary amides is 1. The van der Waals surface area contributed by atoms with Crippen LogP contribution in [0.25, 0.3) is 10.9 Å². The van der Waals surface area contributed by atoms with Gasteiger partial charge in [0.05, 0.1) is 23.9 Å². The number of likely N-dealkylation sites (tertiary alicyclic amines) is 1. The Labute approximate surface area is 230 Å². The molecule has 0 spiro atoms. The number of hydrogen-bond acceptors (Lipinski definition) is 7. The Kier molecular flexibility index (Phi) is 7.51. The molecule has 3 N–H and O–H groups in total. The summed E-state index contributed by atoms with van der Waals surface area (Å²) in [5, 5.41) is 4.10. The van der Waals surface area contributed by atoms with Gasteiger partial charge < -0.3 is 20.7 Å². The van der Waals surface area contributed by atoms with Crippen molar-refractivity contribution in [1.82, 2.24) is 9.88 Å². The lowest BCUT2D eigenvalue weighted by atomic mass is 10.1. The minimum Gasteiger partial charge on any atom is -0.497 e. The molecule has 198 valence electrons. The summed E-state index contributed by atoms with van der Waals surface area (Å²) in [5.41, 5.74) is 9.58. The van der Waals surface area contributed by atoms with Crippen molar-refractivity contribution in [3.05, 3.63) is 83.6 Å². The molecule has 39 heavy (non-hydrogen) atoms. The average Bonchev–Trinajstić information content (AvgIpc) is 2.93. The average molecular weight is 541 g/mol. The number of nitrogens with zero attached hydrogens (tertiary/aromatic N) is 2. The number of rotatable bonds is 7. The van der Waals surface area contributed by atoms with Crippen molar-refractivity contribution in [2.24, 2.45) is 5.73 Å². The van der Waals surface area contributed by atoms with Gasteiger partial charge >= 0.3 is 0 Å². The molecule has 0 atom stereocenters. The van der Waals surface area contributed by atoms with Crippen LogP contribution in [0.2, 0.25) is 0 Å². The lowest BCUT2D eigenvalue weighted by molar-refractivity contribution is -0.120. The first kappa shape index (κ1) is 26.2. The predicted molar refractivity (Wildman–Crippen MR) is 152 cm³/mol. The largest absolute Gasteiger partial charge is 0.497 e. The van der Waals surface area contributed by atoms with E-state index >= 15 is 0 Å². The van der Waals surface area contributed by atoms with Gasteiger partial charge in [0, 0.05) is 64.6 Å². The number of aromatic nitrogens is 1. The van der Waals surface area contributed by atoms with Crippen LogP contribution in [0.4, 0.5) is 11.4 Å². The molecular formula is C30H28N4O4S. The minimum atomic E-state index is -0.587. The van der Waals surface area contributed by atoms with Crippen molar-refractivity contribution in [2.75, 3.05) is 25.5 Å². The highest BCUT2D eigenvalue weighted by molar-refractivity contribution is 7.99. The number of nitrogens with two attached hydrogens (primary N) is 1. The first-order valence-electron chi connectivity index (χ1n) is 12.6. The van der Waals surface area contributed by atoms with Crippen LogP contribution in [0.15, 0.2) is 76.7 Å². The van der Waals surface area contributed by atoms with E-state index in [2.05, 4.69) is 10.3 Å². The van der Waals surface area contributed by atoms with Crippen LogP contribution in [0.5, 0.6) is 5.75 Å². The fraction of sp³-hybridized carbons (Fsp3) is 0.200. The highest BCUT2D eigenvalue weighted by Crippen LogP contribution is 2.37. The Morgan fingerprint density at radius 1 is 1.03 bits per heavy atom. The lowest BCUT2D eigenvalue weighted by Gasteiger charge is -2.26. The number of carbonyl (C=O) groups is 3. The second kappa shape index (κ2) is 11.2. The molecule has 1 saturated heterocycles. The summed E-state index contributed by atoms with van der Waals surface area (Å²) < 4.78 is 5.34. The van der Waals surface area contributed by atoms with E-state index in [1.165, 1.54) is 18.0 Å². The van der Waals surface area contributed by atoms with Gasteiger partial charge in [-0.15, -0.1) is 0 Å². The van der Waals surface area contributed by atoms with Crippen LogP contribution in [0.3, 0.4) is 0 Å². The van der Waals surface area contributed by atoms with E-state index in [1.54, 1.807) is 18.1 Å². The van der Waals surface area contributed by atoms with Crippen molar-refractivity contribution in [1.29, 1.82) is 0 Å². The Morgan fingerprint density at radius 2 is 1.79 bits per heavy atom. The van der Waals surface area contributed by atoms with Crippen LogP contribution < -0.4 is 15.8 Å². The molecule has 2 amide bonds. The zero-order valence-electron chi connectivity index (χ0n) is 21.7. The maximum atomic E-state index is 13.0. The number of pyridine rings is 1. The second-order valence-electron chi connectivity index (χ2n) is 9.37. The third kappa shape index (κ3) is 5.73. The highest BCUT2D eigenvalue weighted by atomic mass is 32.2. The van der Waals surface area contributed by atoms with Gasteiger partial charge in [-0.05, 0) is 55.0 Å². The molecule has 5 rings (SSSR count). The third-order valence-electron chi connectivity index (χ3n) is 6.66. The molecule has 0 unspecified atom stereocenters. The number of ketones is 1. The van der Waals surface area contributed by atoms with E-state index in [0.29, 0.717) is 42.9 Å². The smallest absolute Gasteiger partial charge is 0.253 e. The molecule has 3 aromatic carbocycles. The molecule has 0 bridgehead atoms. The molecule has 9 heteroatoms. The first-order valence-corrected chi connectivity index (χ1v) is 13.4. The van der Waals surface area contributed by atoms with E-state index in [9.17, 15) is 14.4 Å². The van der Waals surface area contributed by atoms with Crippen molar-refractivity contribution in [3.8, 4) is 5.75 Å². The highest BCUT2D eigenvalue weighted by Gasteiger charge is 2.22. The van der Waals surface area contributed by atoms with Crippen LogP contribution >= 0.6 is 11.8 Å². The monoisotopic (exact) mass is 540 g/mol. The summed E-state index contributed by atoms with van der Waals surface area (Å²) >= 11 is 1.51. The fourth-order valence-corrected chi connectivity index (χ4v) is 5.66. The molecule has 1 aromatic heterocycles. The summed E-state index contributed by atoms with van der Waals surface area (Å²) in [5.74, 6) is 0.220. The standard InChI is InChI=1S/C30H28N4O4S/c1-18-13-24(39-23-8-3-5-19(14-23)30(37)34-11-9-21(35)10-12-34)16-25-27(18)32-17-26(29(31)36)28(25)33-20-6-4-7-22(15-20)38-2/h3-8,13-17H,9-12H2,1-2H3,(H2,31,36)(H,32,33). The van der Waals surface area contributed by atoms with Gasteiger partial charge in [0.15, 0.2) is 0 Å². The molecular weight excluding hydrogens is 512 g/mol. The molecule has 0 radical (unpaired) electrons. The summed E-state index contributed by atoms with van der Waals surface area (Å²) in [4.78, 5) is 45.1. The topological polar surface area (TPSA) is 115 Å². The van der Waals surface area contributed by atoms with Crippen molar-refractivity contribution in [2.45, 2.75) is 29.6 Å². The first-order chi connectivity index (χ1) is 18.8. The Bertz CT molecular complexity index is 1590. The Morgan fingerprint density at radius 3 is 2.54 bits per heavy atom. The van der Waals surface area contributed by atoms with Crippen molar-refractivity contribution < 1.29 is 19.1 Å². The molecule has 1 fully saturated rings. The molecule has 1 aliphatic heterocycles. The summed E-state index contributed by atoms with van der Waals surface area (Å²) in [6, 6.07) is 18.9. The minimum absolute atomic E-state index is 0.0697. The van der Waals surface area contributed by atoms with Crippen LogP contribution in [0, 0.1) is 6.92 Å². The molecule has 2 heterocycles. The number of nitrogens with one attached hydrogen (secondary N) is 1. The van der Waals surface area contributed by atoms with E-state index in [0.717, 1.165) is 31.9 Å². The van der Waals surface area contributed by atoms with Gasteiger partial charge in [-0.25, -0.2) is 0 Å². The van der Waals surface area contributed by atoms with Crippen LogP contribution in [-0.2, 0) is 4.79 Å². The zero-order valence-corrected chi connectivity index (χ0v) is 22.5. The van der Waals surface area contributed by atoms with E-state index < -0.39 is 5.91 Å². The molecule has 8 nitrogen and oxygen atoms in total. The van der Waals surface area contributed by atoms with E-state index in [4.69, 9.17) is 10.5 Å². The number of anilines is 2. The molecule has 0 aliphatic carbocycles. The Balaban J connectivity index is 1.50. The number of piperidine rings is 1. The van der Waals surface area contributed by atoms with Crippen LogP contribution in [-0.4, -0.2) is 47.7 Å². The normalized spacial score (nSPS) is 13.4. The predicted octanol–water partition coefficient (Wildman–Crippen LogP) is 5.35. The molecule has 0 saturated carbocycles. The Hall–Kier alpha value is -4.37. The number of amides is 2. The summed E-state index contributed by atoms with van der Waals surface area (Å²) in [7, 11) is 1.60. The number of carbonyl (C=O) groups excluding carboxylic acids is 3. The van der Waals surface area contributed by atoms with Gasteiger partial charge in [0.1, 0.15) is 11.5 Å². The van der Waals surface area contributed by atoms with Crippen molar-refractivity contribution >= 4 is 51.6 Å². The van der Waals surface area contributed by atoms with Gasteiger partial charge in [-0.3, -0.25) is 19.4 Å². The number of aryl methyl sites for hydroxylation is 1. The van der Waals surface area contributed by atoms with Gasteiger partial charge in [0.2, 0.25) is 0 Å². The number of fused-ring (bicyclic) bond motifs is 1. The van der Waals surface area contributed by atoms with Gasteiger partial charge in [-0.1, -0.05) is 23.9 Å². The number of hydrogen-bond donors (Lipinski definition) is 2. The van der Waals surface area contributed by atoms with Gasteiger partial charge in [-0.2, -0.15) is 0 Å². The summed E-state index contributed by atoms with van der Waals surface area (Å²) in [6.07, 6.45) is 2.31. The molecule has 1 aliphatic rings. The second-order valence-corrected chi connectivity index (χ2v) is 10.5. The van der Waals surface area contributed by atoms with Crippen LogP contribution in [0.1, 0.15) is 39.1 Å². The number of Topliss-reactive ketones (excluding diaryl/α,β-unsaturated/α-hetero) is 1. The third-order valence-corrected chi connectivity index (χ3v) is 7.63. The van der Waals surface area contributed by atoms with Gasteiger partial charge in [0.25, 0.3) is 11.8 Å². The zero-order chi connectivity index (χ0) is 27.5. The fourth-order valence-electron chi connectivity index (χ4n) is 4.64. The van der Waals surface area contributed by atoms with E-state index in [1.807, 2.05) is 61.5 Å². The SMILES string of the molecule is COc1cccc(Nc2c(C(N)=O)cnc3c(C)cc(Sc4cccc(C(=O)N5CCC(=O)CC5)c4)cc23)c1. The molecule has 4 aromatic rings.